The van der Waals surface area contributed by atoms with Crippen LogP contribution in [-0.4, -0.2) is 37.4 Å². The van der Waals surface area contributed by atoms with E-state index in [0.717, 1.165) is 31.6 Å². The van der Waals surface area contributed by atoms with Gasteiger partial charge in [0, 0.05) is 19.1 Å². The molecule has 1 heterocycles. The third-order valence-corrected chi connectivity index (χ3v) is 7.59. The Morgan fingerprint density at radius 1 is 1.33 bits per heavy atom. The molecule has 5 heteroatoms. The molecule has 1 aromatic carbocycles. The predicted molar refractivity (Wildman–Crippen MR) is 102 cm³/mol. The van der Waals surface area contributed by atoms with E-state index in [2.05, 4.69) is 31.3 Å². The number of aliphatic hydroxyl groups is 1. The van der Waals surface area contributed by atoms with Crippen LogP contribution >= 0.6 is 0 Å². The molecular formula is C22H31NO4. The highest BCUT2D eigenvalue weighted by Gasteiger charge is 2.68. The van der Waals surface area contributed by atoms with Crippen LogP contribution in [0.5, 0.6) is 5.75 Å². The molecule has 1 spiro atoms. The van der Waals surface area contributed by atoms with Crippen molar-refractivity contribution in [1.82, 2.24) is 5.32 Å². The molecule has 148 valence electrons. The molecule has 2 aliphatic carbocycles. The van der Waals surface area contributed by atoms with Crippen LogP contribution in [0.25, 0.3) is 0 Å². The molecule has 4 rings (SSSR count). The van der Waals surface area contributed by atoms with E-state index in [1.54, 1.807) is 7.11 Å². The number of carbonyl (C=O) groups excluding carboxylic acids is 1. The lowest BCUT2D eigenvalue weighted by Gasteiger charge is -2.53. The fourth-order valence-corrected chi connectivity index (χ4v) is 6.25. The number of methoxy groups -OCH3 is 1. The Kier molecular flexibility index (Phi) is 4.71. The molecule has 3 aliphatic rings. The fourth-order valence-electron chi connectivity index (χ4n) is 6.25. The van der Waals surface area contributed by atoms with Crippen LogP contribution in [0.3, 0.4) is 0 Å². The normalized spacial score (nSPS) is 36.3. The lowest BCUT2D eigenvalue weighted by atomic mass is 9.59. The monoisotopic (exact) mass is 373 g/mol. The molecule has 1 amide bonds. The average molecular weight is 373 g/mol. The second-order valence-corrected chi connectivity index (χ2v) is 9.09. The highest BCUT2D eigenvalue weighted by Crippen LogP contribution is 2.70. The van der Waals surface area contributed by atoms with Gasteiger partial charge in [0.2, 0.25) is 5.91 Å². The maximum Gasteiger partial charge on any atom is 0.222 e. The van der Waals surface area contributed by atoms with Crippen LogP contribution in [0.2, 0.25) is 0 Å². The van der Waals surface area contributed by atoms with Gasteiger partial charge >= 0.3 is 0 Å². The summed E-state index contributed by atoms with van der Waals surface area (Å²) < 4.78 is 11.6. The number of hydrogen-bond acceptors (Lipinski definition) is 4. The van der Waals surface area contributed by atoms with Gasteiger partial charge in [0.1, 0.15) is 5.75 Å². The summed E-state index contributed by atoms with van der Waals surface area (Å²) >= 11 is 0. The molecule has 5 atom stereocenters. The minimum atomic E-state index is -0.101. The molecule has 2 saturated carbocycles. The molecule has 1 aliphatic heterocycles. The second-order valence-electron chi connectivity index (χ2n) is 9.09. The summed E-state index contributed by atoms with van der Waals surface area (Å²) in [7, 11) is 1.68. The van der Waals surface area contributed by atoms with Gasteiger partial charge in [0.15, 0.2) is 0 Å². The smallest absolute Gasteiger partial charge is 0.222 e. The van der Waals surface area contributed by atoms with Crippen LogP contribution < -0.4 is 10.1 Å². The van der Waals surface area contributed by atoms with E-state index in [-0.39, 0.29) is 41.9 Å². The molecule has 1 saturated heterocycles. The van der Waals surface area contributed by atoms with Gasteiger partial charge < -0.3 is 19.9 Å². The van der Waals surface area contributed by atoms with Crippen molar-refractivity contribution in [2.24, 2.45) is 22.7 Å². The second kappa shape index (κ2) is 6.78. The van der Waals surface area contributed by atoms with Gasteiger partial charge in [-0.2, -0.15) is 0 Å². The van der Waals surface area contributed by atoms with Crippen molar-refractivity contribution in [2.75, 3.05) is 20.3 Å². The van der Waals surface area contributed by atoms with Crippen molar-refractivity contribution >= 4 is 5.91 Å². The third-order valence-electron chi connectivity index (χ3n) is 7.59. The molecule has 0 aromatic heterocycles. The first-order valence-electron chi connectivity index (χ1n) is 10.1. The van der Waals surface area contributed by atoms with Crippen molar-refractivity contribution in [2.45, 2.75) is 51.7 Å². The molecule has 3 fully saturated rings. The van der Waals surface area contributed by atoms with E-state index in [1.807, 2.05) is 12.1 Å². The lowest BCUT2D eigenvalue weighted by molar-refractivity contribution is -0.137. The van der Waals surface area contributed by atoms with Gasteiger partial charge in [0.05, 0.1) is 19.8 Å². The summed E-state index contributed by atoms with van der Waals surface area (Å²) in [5.41, 5.74) is 1.36. The summed E-state index contributed by atoms with van der Waals surface area (Å²) in [5, 5.41) is 12.5. The van der Waals surface area contributed by atoms with E-state index < -0.39 is 0 Å². The Hall–Kier alpha value is -1.59. The first-order chi connectivity index (χ1) is 12.9. The Labute approximate surface area is 161 Å². The Morgan fingerprint density at radius 3 is 2.74 bits per heavy atom. The van der Waals surface area contributed by atoms with Gasteiger partial charge in [-0.05, 0) is 59.6 Å². The number of rotatable bonds is 5. The van der Waals surface area contributed by atoms with E-state index in [9.17, 15) is 4.79 Å². The van der Waals surface area contributed by atoms with Crippen LogP contribution in [-0.2, 0) is 9.53 Å². The standard InChI is InChI=1S/C22H31NO4/c1-21(2)15-12-17-19(14-4-6-16(26-3)7-5-14)27-11-9-22(17,13-15)20(21)23-18(25)8-10-24/h4-7,15,17,19-20,24H,8-13H2,1-3H3,(H,23,25)/t15-,17-,19-,20-,22?/m1/s1. The predicted octanol–water partition coefficient (Wildman–Crippen LogP) is 3.08. The number of fused-ring (bicyclic) bond motifs is 1. The number of ether oxygens (including phenoxy) is 2. The van der Waals surface area contributed by atoms with E-state index in [0.29, 0.717) is 11.8 Å². The van der Waals surface area contributed by atoms with Crippen molar-refractivity contribution in [1.29, 1.82) is 0 Å². The number of amides is 1. The maximum absolute atomic E-state index is 12.3. The molecule has 2 N–H and O–H groups in total. The van der Waals surface area contributed by atoms with Crippen molar-refractivity contribution < 1.29 is 19.4 Å². The van der Waals surface area contributed by atoms with Gasteiger partial charge in [-0.25, -0.2) is 0 Å². The van der Waals surface area contributed by atoms with Gasteiger partial charge in [-0.1, -0.05) is 26.0 Å². The number of hydrogen-bond donors (Lipinski definition) is 2. The summed E-state index contributed by atoms with van der Waals surface area (Å²) in [6.45, 7) is 5.22. The Bertz CT molecular complexity index is 701. The van der Waals surface area contributed by atoms with Crippen molar-refractivity contribution in [3.05, 3.63) is 29.8 Å². The summed E-state index contributed by atoms with van der Waals surface area (Å²) in [4.78, 5) is 12.3. The maximum atomic E-state index is 12.3. The first kappa shape index (κ1) is 18.8. The quantitative estimate of drug-likeness (QED) is 0.832. The molecule has 2 bridgehead atoms. The first-order valence-corrected chi connectivity index (χ1v) is 10.1. The zero-order valence-electron chi connectivity index (χ0n) is 16.5. The Morgan fingerprint density at radius 2 is 2.07 bits per heavy atom. The minimum absolute atomic E-state index is 0.0382. The molecule has 5 nitrogen and oxygen atoms in total. The average Bonchev–Trinajstić information content (AvgIpc) is 3.15. The SMILES string of the molecule is COc1ccc([C@H]2OCCC34C[C@@H](C[C@H]23)C(C)(C)[C@H]4NC(=O)CCO)cc1. The van der Waals surface area contributed by atoms with Gasteiger partial charge in [-0.3, -0.25) is 4.79 Å². The molecule has 1 unspecified atom stereocenters. The molecule has 0 radical (unpaired) electrons. The highest BCUT2D eigenvalue weighted by atomic mass is 16.5. The van der Waals surface area contributed by atoms with E-state index in [1.165, 1.54) is 5.56 Å². The lowest BCUT2D eigenvalue weighted by Crippen LogP contribution is -2.59. The number of aliphatic hydroxyl groups excluding tert-OH is 1. The van der Waals surface area contributed by atoms with Crippen molar-refractivity contribution in [3.63, 3.8) is 0 Å². The minimum Gasteiger partial charge on any atom is -0.497 e. The van der Waals surface area contributed by atoms with Crippen LogP contribution in [0.15, 0.2) is 24.3 Å². The number of benzene rings is 1. The van der Waals surface area contributed by atoms with Gasteiger partial charge in [0.25, 0.3) is 0 Å². The zero-order chi connectivity index (χ0) is 19.2. The summed E-state index contributed by atoms with van der Waals surface area (Å²) in [6.07, 6.45) is 3.55. The van der Waals surface area contributed by atoms with Crippen molar-refractivity contribution in [3.8, 4) is 5.75 Å². The molecule has 1 aromatic rings. The highest BCUT2D eigenvalue weighted by molar-refractivity contribution is 5.76. The zero-order valence-corrected chi connectivity index (χ0v) is 16.5. The van der Waals surface area contributed by atoms with Crippen LogP contribution in [0.1, 0.15) is 51.2 Å². The number of carbonyl (C=O) groups is 1. The van der Waals surface area contributed by atoms with E-state index >= 15 is 0 Å². The molecule has 27 heavy (non-hydrogen) atoms. The summed E-state index contributed by atoms with van der Waals surface area (Å²) in [5.74, 6) is 1.82. The largest absolute Gasteiger partial charge is 0.497 e. The van der Waals surface area contributed by atoms with Crippen LogP contribution in [0, 0.1) is 22.7 Å². The topological polar surface area (TPSA) is 67.8 Å². The van der Waals surface area contributed by atoms with Gasteiger partial charge in [-0.15, -0.1) is 0 Å². The van der Waals surface area contributed by atoms with E-state index in [4.69, 9.17) is 14.6 Å². The molecular weight excluding hydrogens is 342 g/mol. The third kappa shape index (κ3) is 2.87. The number of nitrogens with one attached hydrogen (secondary N) is 1. The summed E-state index contributed by atoms with van der Waals surface area (Å²) in [6, 6.07) is 8.35. The van der Waals surface area contributed by atoms with Crippen LogP contribution in [0.4, 0.5) is 0 Å². The fraction of sp³-hybridized carbons (Fsp3) is 0.682. The Balaban J connectivity index is 1.64.